The summed E-state index contributed by atoms with van der Waals surface area (Å²) < 4.78 is 35.1. The van der Waals surface area contributed by atoms with Crippen LogP contribution in [0.5, 0.6) is 11.5 Å². The van der Waals surface area contributed by atoms with Crippen LogP contribution in [0.2, 0.25) is 0 Å². The summed E-state index contributed by atoms with van der Waals surface area (Å²) in [6.07, 6.45) is 5.10. The van der Waals surface area contributed by atoms with Crippen LogP contribution < -0.4 is 9.46 Å². The fourth-order valence-corrected chi connectivity index (χ4v) is 4.04. The predicted molar refractivity (Wildman–Crippen MR) is 107 cm³/mol. The maximum absolute atomic E-state index is 12.7. The van der Waals surface area contributed by atoms with Crippen molar-refractivity contribution < 1.29 is 18.3 Å². The van der Waals surface area contributed by atoms with Crippen LogP contribution in [0.25, 0.3) is 11.1 Å². The van der Waals surface area contributed by atoms with Crippen molar-refractivity contribution >= 4 is 10.0 Å². The molecule has 0 spiro atoms. The van der Waals surface area contributed by atoms with Gasteiger partial charge in [0.2, 0.25) is 10.0 Å². The van der Waals surface area contributed by atoms with Gasteiger partial charge in [-0.3, -0.25) is 4.68 Å². The van der Waals surface area contributed by atoms with E-state index in [4.69, 9.17) is 4.74 Å². The number of nitrogens with one attached hydrogen (secondary N) is 1. The van der Waals surface area contributed by atoms with Crippen molar-refractivity contribution in [2.45, 2.75) is 17.7 Å². The highest BCUT2D eigenvalue weighted by Crippen LogP contribution is 2.33. The summed E-state index contributed by atoms with van der Waals surface area (Å²) in [5.41, 5.74) is 2.33. The largest absolute Gasteiger partial charge is 0.508 e. The van der Waals surface area contributed by atoms with Gasteiger partial charge < -0.3 is 9.84 Å². The fourth-order valence-electron chi connectivity index (χ4n) is 2.94. The quantitative estimate of drug-likeness (QED) is 0.566. The number of methoxy groups -OCH3 is 1. The number of rotatable bonds is 8. The minimum absolute atomic E-state index is 0.0985. The minimum Gasteiger partial charge on any atom is -0.508 e. The average Bonchev–Trinajstić information content (AvgIpc) is 3.10. The molecule has 0 atom stereocenters. The molecule has 0 radical (unpaired) electrons. The minimum atomic E-state index is -3.66. The standard InChI is InChI=1S/C20H23N3O4S/c1-23-14-15(13-21-23)5-4-10-22-28(25,26)18-8-9-20(27-2)19(12-18)16-6-3-7-17(24)11-16/h3,6-9,11-14,22,24H,4-5,10H2,1-2H3. The van der Waals surface area contributed by atoms with Crippen molar-refractivity contribution in [3.05, 3.63) is 60.4 Å². The lowest BCUT2D eigenvalue weighted by Crippen LogP contribution is -2.25. The van der Waals surface area contributed by atoms with E-state index in [9.17, 15) is 13.5 Å². The molecule has 0 fully saturated rings. The van der Waals surface area contributed by atoms with Crippen LogP contribution in [0, 0.1) is 0 Å². The first-order chi connectivity index (χ1) is 13.4. The molecule has 3 rings (SSSR count). The Kier molecular flexibility index (Phi) is 6.01. The smallest absolute Gasteiger partial charge is 0.240 e. The summed E-state index contributed by atoms with van der Waals surface area (Å²) in [6.45, 7) is 0.324. The van der Waals surface area contributed by atoms with E-state index in [0.29, 0.717) is 29.8 Å². The topological polar surface area (TPSA) is 93.5 Å². The molecular weight excluding hydrogens is 378 g/mol. The third kappa shape index (κ3) is 4.71. The number of sulfonamides is 1. The van der Waals surface area contributed by atoms with Crippen LogP contribution in [0.4, 0.5) is 0 Å². The average molecular weight is 401 g/mol. The molecule has 2 N–H and O–H groups in total. The summed E-state index contributed by atoms with van der Waals surface area (Å²) in [4.78, 5) is 0.146. The molecule has 0 unspecified atom stereocenters. The van der Waals surface area contributed by atoms with Crippen LogP contribution in [-0.4, -0.2) is 37.0 Å². The van der Waals surface area contributed by atoms with Crippen molar-refractivity contribution in [1.82, 2.24) is 14.5 Å². The van der Waals surface area contributed by atoms with Gasteiger partial charge in [-0.1, -0.05) is 12.1 Å². The monoisotopic (exact) mass is 401 g/mol. The molecule has 0 aliphatic heterocycles. The van der Waals surface area contributed by atoms with Crippen molar-refractivity contribution in [3.8, 4) is 22.6 Å². The third-order valence-corrected chi connectivity index (χ3v) is 5.79. The highest BCUT2D eigenvalue weighted by atomic mass is 32.2. The molecule has 2 aromatic carbocycles. The van der Waals surface area contributed by atoms with Gasteiger partial charge >= 0.3 is 0 Å². The molecule has 0 aliphatic carbocycles. The molecule has 28 heavy (non-hydrogen) atoms. The first-order valence-electron chi connectivity index (χ1n) is 8.84. The maximum atomic E-state index is 12.7. The van der Waals surface area contributed by atoms with Gasteiger partial charge in [0.25, 0.3) is 0 Å². The number of aromatic hydroxyl groups is 1. The second-order valence-corrected chi connectivity index (χ2v) is 8.20. The van der Waals surface area contributed by atoms with Crippen molar-refractivity contribution in [2.24, 2.45) is 7.05 Å². The first kappa shape index (κ1) is 19.9. The number of phenols is 1. The molecule has 0 aliphatic rings. The van der Waals surface area contributed by atoms with Crippen molar-refractivity contribution in [2.75, 3.05) is 13.7 Å². The van der Waals surface area contributed by atoms with E-state index in [0.717, 1.165) is 12.0 Å². The zero-order valence-electron chi connectivity index (χ0n) is 15.8. The Labute approximate surface area is 164 Å². The number of nitrogens with zero attached hydrogens (tertiary/aromatic N) is 2. The summed E-state index contributed by atoms with van der Waals surface area (Å²) in [5.74, 6) is 0.627. The van der Waals surface area contributed by atoms with E-state index < -0.39 is 10.0 Å². The Balaban J connectivity index is 1.75. The highest BCUT2D eigenvalue weighted by Gasteiger charge is 2.17. The van der Waals surface area contributed by atoms with Gasteiger partial charge in [0, 0.05) is 25.4 Å². The Morgan fingerprint density at radius 1 is 1.21 bits per heavy atom. The van der Waals surface area contributed by atoms with Gasteiger partial charge in [0.05, 0.1) is 18.2 Å². The number of benzene rings is 2. The van der Waals surface area contributed by atoms with E-state index in [1.807, 2.05) is 13.2 Å². The molecule has 1 aromatic heterocycles. The normalized spacial score (nSPS) is 11.5. The zero-order chi connectivity index (χ0) is 20.1. The summed E-state index contributed by atoms with van der Waals surface area (Å²) in [7, 11) is -0.296. The summed E-state index contributed by atoms with van der Waals surface area (Å²) >= 11 is 0. The van der Waals surface area contributed by atoms with Crippen LogP contribution in [0.15, 0.2) is 59.8 Å². The van der Waals surface area contributed by atoms with Gasteiger partial charge in [-0.05, 0) is 54.3 Å². The van der Waals surface area contributed by atoms with Crippen LogP contribution in [0.1, 0.15) is 12.0 Å². The Bertz CT molecular complexity index is 1060. The van der Waals surface area contributed by atoms with Gasteiger partial charge in [-0.25, -0.2) is 13.1 Å². The van der Waals surface area contributed by atoms with Gasteiger partial charge in [-0.2, -0.15) is 5.10 Å². The van der Waals surface area contributed by atoms with Crippen LogP contribution in [0.3, 0.4) is 0 Å². The molecule has 1 heterocycles. The third-order valence-electron chi connectivity index (χ3n) is 4.33. The van der Waals surface area contributed by atoms with Gasteiger partial charge in [-0.15, -0.1) is 0 Å². The second-order valence-electron chi connectivity index (χ2n) is 6.44. The molecule has 7 nitrogen and oxygen atoms in total. The Hall–Kier alpha value is -2.84. The predicted octanol–water partition coefficient (Wildman–Crippen LogP) is 2.71. The molecule has 3 aromatic rings. The lowest BCUT2D eigenvalue weighted by atomic mass is 10.0. The number of phenolic OH excluding ortho intramolecular Hbond substituents is 1. The molecule has 148 valence electrons. The summed E-state index contributed by atoms with van der Waals surface area (Å²) in [6, 6.07) is 11.3. The first-order valence-corrected chi connectivity index (χ1v) is 10.3. The van der Waals surface area contributed by atoms with Crippen LogP contribution >= 0.6 is 0 Å². The molecule has 0 amide bonds. The van der Waals surface area contributed by atoms with Gasteiger partial charge in [0.15, 0.2) is 0 Å². The molecule has 0 bridgehead atoms. The molecule has 0 saturated carbocycles. The Morgan fingerprint density at radius 3 is 2.71 bits per heavy atom. The fraction of sp³-hybridized carbons (Fsp3) is 0.250. The van der Waals surface area contributed by atoms with E-state index in [1.165, 1.54) is 13.2 Å². The SMILES string of the molecule is COc1ccc(S(=O)(=O)NCCCc2cnn(C)c2)cc1-c1cccc(O)c1. The number of hydrogen-bond donors (Lipinski definition) is 2. The molecule has 8 heteroatoms. The summed E-state index contributed by atoms with van der Waals surface area (Å²) in [5, 5.41) is 13.8. The molecule has 0 saturated heterocycles. The Morgan fingerprint density at radius 2 is 2.04 bits per heavy atom. The van der Waals surface area contributed by atoms with Gasteiger partial charge in [0.1, 0.15) is 11.5 Å². The number of aromatic nitrogens is 2. The number of hydrogen-bond acceptors (Lipinski definition) is 5. The van der Waals surface area contributed by atoms with E-state index in [1.54, 1.807) is 47.3 Å². The lowest BCUT2D eigenvalue weighted by molar-refractivity contribution is 0.416. The van der Waals surface area contributed by atoms with Crippen LogP contribution in [-0.2, 0) is 23.5 Å². The maximum Gasteiger partial charge on any atom is 0.240 e. The lowest BCUT2D eigenvalue weighted by Gasteiger charge is -2.12. The zero-order valence-corrected chi connectivity index (χ0v) is 16.6. The van der Waals surface area contributed by atoms with E-state index in [2.05, 4.69) is 9.82 Å². The van der Waals surface area contributed by atoms with Crippen molar-refractivity contribution in [1.29, 1.82) is 0 Å². The second kappa shape index (κ2) is 8.45. The van der Waals surface area contributed by atoms with Crippen molar-refractivity contribution in [3.63, 3.8) is 0 Å². The highest BCUT2D eigenvalue weighted by molar-refractivity contribution is 7.89. The number of ether oxygens (including phenoxy) is 1. The number of aryl methyl sites for hydroxylation is 2. The molecular formula is C20H23N3O4S. The van der Waals surface area contributed by atoms with E-state index in [-0.39, 0.29) is 10.6 Å². The van der Waals surface area contributed by atoms with E-state index >= 15 is 0 Å².